The van der Waals surface area contributed by atoms with Gasteiger partial charge in [0.15, 0.2) is 0 Å². The van der Waals surface area contributed by atoms with Gasteiger partial charge in [-0.05, 0) is 36.4 Å². The highest BCUT2D eigenvalue weighted by atomic mass is 79.9. The molecule has 0 aliphatic carbocycles. The Hall–Kier alpha value is -2.34. The van der Waals surface area contributed by atoms with Gasteiger partial charge >= 0.3 is 0 Å². The van der Waals surface area contributed by atoms with Crippen molar-refractivity contribution in [1.82, 2.24) is 10.2 Å². The maximum atomic E-state index is 12.2. The number of aromatic nitrogens is 2. The molecule has 0 aliphatic rings. The van der Waals surface area contributed by atoms with Crippen LogP contribution in [0.2, 0.25) is 0 Å². The van der Waals surface area contributed by atoms with Gasteiger partial charge in [-0.15, -0.1) is 0 Å². The van der Waals surface area contributed by atoms with Crippen molar-refractivity contribution < 1.29 is 4.79 Å². The van der Waals surface area contributed by atoms with Gasteiger partial charge in [0, 0.05) is 26.8 Å². The maximum Gasteiger partial charge on any atom is 0.255 e. The first kappa shape index (κ1) is 12.7. The Morgan fingerprint density at radius 2 is 2.10 bits per heavy atom. The average Bonchev–Trinajstić information content (AvgIpc) is 2.85. The van der Waals surface area contributed by atoms with E-state index in [-0.39, 0.29) is 5.91 Å². The van der Waals surface area contributed by atoms with E-state index in [1.165, 1.54) is 0 Å². The van der Waals surface area contributed by atoms with Crippen molar-refractivity contribution in [2.75, 3.05) is 11.1 Å². The van der Waals surface area contributed by atoms with Crippen LogP contribution in [0.25, 0.3) is 10.9 Å². The summed E-state index contributed by atoms with van der Waals surface area (Å²) in [5.74, 6) is -0.211. The number of fused-ring (bicyclic) bond motifs is 1. The molecule has 1 amide bonds. The molecule has 0 aliphatic heterocycles. The number of nitrogens with one attached hydrogen (secondary N) is 2. The largest absolute Gasteiger partial charge is 0.399 e. The van der Waals surface area contributed by atoms with E-state index in [1.54, 1.807) is 24.4 Å². The second-order valence-electron chi connectivity index (χ2n) is 4.40. The van der Waals surface area contributed by atoms with Crippen LogP contribution in [-0.4, -0.2) is 16.1 Å². The number of benzene rings is 2. The summed E-state index contributed by atoms with van der Waals surface area (Å²) >= 11 is 3.32. The lowest BCUT2D eigenvalue weighted by Crippen LogP contribution is -2.12. The van der Waals surface area contributed by atoms with Gasteiger partial charge in [0.1, 0.15) is 0 Å². The van der Waals surface area contributed by atoms with Crippen LogP contribution in [0.15, 0.2) is 47.1 Å². The van der Waals surface area contributed by atoms with E-state index in [1.807, 2.05) is 18.2 Å². The zero-order valence-electron chi connectivity index (χ0n) is 10.4. The number of hydrogen-bond acceptors (Lipinski definition) is 3. The Kier molecular flexibility index (Phi) is 3.15. The fourth-order valence-electron chi connectivity index (χ4n) is 1.96. The van der Waals surface area contributed by atoms with E-state index in [0.29, 0.717) is 16.9 Å². The van der Waals surface area contributed by atoms with E-state index in [2.05, 4.69) is 31.4 Å². The predicted molar refractivity (Wildman–Crippen MR) is 82.6 cm³/mol. The number of nitrogen functional groups attached to an aromatic ring is 1. The quantitative estimate of drug-likeness (QED) is 0.631. The van der Waals surface area contributed by atoms with Crippen LogP contribution in [-0.2, 0) is 0 Å². The molecule has 1 heterocycles. The Labute approximate surface area is 123 Å². The summed E-state index contributed by atoms with van der Waals surface area (Å²) in [6.45, 7) is 0. The summed E-state index contributed by atoms with van der Waals surface area (Å²) in [6, 6.07) is 10.7. The number of aromatic amines is 1. The van der Waals surface area contributed by atoms with Gasteiger partial charge in [-0.25, -0.2) is 0 Å². The van der Waals surface area contributed by atoms with Crippen molar-refractivity contribution in [2.45, 2.75) is 0 Å². The number of carbonyl (C=O) groups is 1. The van der Waals surface area contributed by atoms with Gasteiger partial charge in [0.25, 0.3) is 5.91 Å². The molecule has 0 radical (unpaired) electrons. The lowest BCUT2D eigenvalue weighted by atomic mass is 10.2. The molecule has 3 aromatic rings. The maximum absolute atomic E-state index is 12.2. The third-order valence-electron chi connectivity index (χ3n) is 2.88. The minimum atomic E-state index is -0.211. The molecular formula is C14H11BrN4O. The number of anilines is 2. The molecule has 3 rings (SSSR count). The summed E-state index contributed by atoms with van der Waals surface area (Å²) in [5.41, 5.74) is 8.34. The van der Waals surface area contributed by atoms with E-state index >= 15 is 0 Å². The summed E-state index contributed by atoms with van der Waals surface area (Å²) in [7, 11) is 0. The normalized spacial score (nSPS) is 10.7. The molecule has 5 nitrogen and oxygen atoms in total. The molecule has 0 atom stereocenters. The van der Waals surface area contributed by atoms with Crippen LogP contribution in [0.4, 0.5) is 11.4 Å². The fraction of sp³-hybridized carbons (Fsp3) is 0. The number of amides is 1. The van der Waals surface area contributed by atoms with Crippen LogP contribution >= 0.6 is 15.9 Å². The van der Waals surface area contributed by atoms with Gasteiger partial charge in [-0.1, -0.05) is 15.9 Å². The zero-order chi connectivity index (χ0) is 14.1. The Morgan fingerprint density at radius 1 is 1.25 bits per heavy atom. The molecule has 0 saturated carbocycles. The number of nitrogens with two attached hydrogens (primary N) is 1. The third-order valence-corrected chi connectivity index (χ3v) is 3.34. The summed E-state index contributed by atoms with van der Waals surface area (Å²) in [5, 5.41) is 10.6. The molecule has 20 heavy (non-hydrogen) atoms. The molecular weight excluding hydrogens is 320 g/mol. The van der Waals surface area contributed by atoms with Crippen molar-refractivity contribution in [1.29, 1.82) is 0 Å². The molecule has 0 spiro atoms. The van der Waals surface area contributed by atoms with E-state index in [0.717, 1.165) is 15.4 Å². The minimum Gasteiger partial charge on any atom is -0.399 e. The van der Waals surface area contributed by atoms with Crippen molar-refractivity contribution in [3.8, 4) is 0 Å². The third kappa shape index (κ3) is 2.50. The molecule has 0 saturated heterocycles. The van der Waals surface area contributed by atoms with Crippen molar-refractivity contribution in [3.63, 3.8) is 0 Å². The van der Waals surface area contributed by atoms with Crippen molar-refractivity contribution in [2.24, 2.45) is 0 Å². The number of rotatable bonds is 2. The Morgan fingerprint density at radius 3 is 2.90 bits per heavy atom. The monoisotopic (exact) mass is 330 g/mol. The molecule has 4 N–H and O–H groups in total. The lowest BCUT2D eigenvalue weighted by molar-refractivity contribution is 0.102. The molecule has 100 valence electrons. The first-order valence-electron chi connectivity index (χ1n) is 5.92. The summed E-state index contributed by atoms with van der Waals surface area (Å²) in [6.07, 6.45) is 1.73. The fourth-order valence-corrected chi connectivity index (χ4v) is 2.47. The van der Waals surface area contributed by atoms with Gasteiger partial charge in [0.2, 0.25) is 0 Å². The van der Waals surface area contributed by atoms with Crippen LogP contribution in [0, 0.1) is 0 Å². The van der Waals surface area contributed by atoms with Crippen LogP contribution in [0.5, 0.6) is 0 Å². The topological polar surface area (TPSA) is 83.8 Å². The number of nitrogens with zero attached hydrogens (tertiary/aromatic N) is 1. The van der Waals surface area contributed by atoms with Gasteiger partial charge < -0.3 is 11.1 Å². The van der Waals surface area contributed by atoms with Crippen LogP contribution in [0.1, 0.15) is 10.4 Å². The number of H-pyrrole nitrogens is 1. The molecule has 0 unspecified atom stereocenters. The highest BCUT2D eigenvalue weighted by Crippen LogP contribution is 2.20. The molecule has 2 aromatic carbocycles. The Bertz CT molecular complexity index is 776. The molecule has 6 heteroatoms. The highest BCUT2D eigenvalue weighted by Gasteiger charge is 2.08. The van der Waals surface area contributed by atoms with E-state index < -0.39 is 0 Å². The average molecular weight is 331 g/mol. The predicted octanol–water partition coefficient (Wildman–Crippen LogP) is 3.16. The van der Waals surface area contributed by atoms with E-state index in [4.69, 9.17) is 5.73 Å². The second kappa shape index (κ2) is 4.97. The number of halogens is 1. The lowest BCUT2D eigenvalue weighted by Gasteiger charge is -2.06. The second-order valence-corrected chi connectivity index (χ2v) is 5.32. The zero-order valence-corrected chi connectivity index (χ0v) is 11.9. The first-order valence-corrected chi connectivity index (χ1v) is 6.72. The molecule has 1 aromatic heterocycles. The van der Waals surface area contributed by atoms with Crippen molar-refractivity contribution in [3.05, 3.63) is 52.6 Å². The first-order chi connectivity index (χ1) is 9.61. The van der Waals surface area contributed by atoms with Gasteiger partial charge in [-0.3, -0.25) is 9.89 Å². The van der Waals surface area contributed by atoms with Gasteiger partial charge in [0.05, 0.1) is 11.7 Å². The standard InChI is InChI=1S/C14H11BrN4O/c15-10-3-9(4-11(16)5-10)14(20)18-12-2-1-8-7-17-19-13(8)6-12/h1-7H,16H2,(H,17,19)(H,18,20). The SMILES string of the molecule is Nc1cc(Br)cc(C(=O)Nc2ccc3cn[nH]c3c2)c1. The number of carbonyl (C=O) groups excluding carboxylic acids is 1. The molecule has 0 fully saturated rings. The Balaban J connectivity index is 1.87. The van der Waals surface area contributed by atoms with Crippen molar-refractivity contribution >= 4 is 44.1 Å². The van der Waals surface area contributed by atoms with E-state index in [9.17, 15) is 4.79 Å². The molecule has 0 bridgehead atoms. The minimum absolute atomic E-state index is 0.211. The van der Waals surface area contributed by atoms with Gasteiger partial charge in [-0.2, -0.15) is 5.10 Å². The summed E-state index contributed by atoms with van der Waals surface area (Å²) < 4.78 is 0.770. The highest BCUT2D eigenvalue weighted by molar-refractivity contribution is 9.10. The van der Waals surface area contributed by atoms with Crippen LogP contribution in [0.3, 0.4) is 0 Å². The summed E-state index contributed by atoms with van der Waals surface area (Å²) in [4.78, 5) is 12.2. The smallest absolute Gasteiger partial charge is 0.255 e. The van der Waals surface area contributed by atoms with Crippen LogP contribution < -0.4 is 11.1 Å². The number of hydrogen-bond donors (Lipinski definition) is 3.